The van der Waals surface area contributed by atoms with Gasteiger partial charge in [-0.05, 0) is 44.0 Å². The quantitative estimate of drug-likeness (QED) is 0.794. The molecule has 0 N–H and O–H groups in total. The van der Waals surface area contributed by atoms with Crippen LogP contribution in [0, 0.1) is 0 Å². The molecule has 1 saturated heterocycles. The van der Waals surface area contributed by atoms with Gasteiger partial charge in [0.05, 0.1) is 5.25 Å². The first-order valence-electron chi connectivity index (χ1n) is 7.67. The van der Waals surface area contributed by atoms with E-state index in [-0.39, 0.29) is 11.2 Å². The molecule has 1 amide bonds. The number of thioether (sulfide) groups is 1. The van der Waals surface area contributed by atoms with Gasteiger partial charge in [0.2, 0.25) is 5.91 Å². The minimum absolute atomic E-state index is 0.158. The zero-order valence-corrected chi connectivity index (χ0v) is 14.8. The van der Waals surface area contributed by atoms with Gasteiger partial charge in [-0.3, -0.25) is 4.79 Å². The maximum absolute atomic E-state index is 12.4. The Morgan fingerprint density at radius 3 is 2.52 bits per heavy atom. The lowest BCUT2D eigenvalue weighted by Gasteiger charge is -2.19. The average molecular weight is 351 g/mol. The Morgan fingerprint density at radius 1 is 1.22 bits per heavy atom. The van der Waals surface area contributed by atoms with Gasteiger partial charge in [-0.15, -0.1) is 10.2 Å². The van der Waals surface area contributed by atoms with Crippen LogP contribution in [0.2, 0.25) is 5.02 Å². The van der Waals surface area contributed by atoms with Crippen LogP contribution in [-0.2, 0) is 11.8 Å². The molecule has 3 rings (SSSR count). The van der Waals surface area contributed by atoms with E-state index in [9.17, 15) is 4.79 Å². The van der Waals surface area contributed by atoms with Crippen molar-refractivity contribution in [1.29, 1.82) is 0 Å². The van der Waals surface area contributed by atoms with E-state index in [1.807, 2.05) is 47.7 Å². The van der Waals surface area contributed by atoms with Crippen LogP contribution < -0.4 is 0 Å². The van der Waals surface area contributed by atoms with Crippen LogP contribution in [0.3, 0.4) is 0 Å². The Kier molecular flexibility index (Phi) is 4.92. The van der Waals surface area contributed by atoms with Crippen molar-refractivity contribution in [1.82, 2.24) is 19.7 Å². The SMILES string of the molecule is C[C@H](Sc1nnc(-c2ccc(Cl)cc2)n1C)C(=O)N1CCCC1. The second kappa shape index (κ2) is 6.93. The third kappa shape index (κ3) is 3.53. The van der Waals surface area contributed by atoms with E-state index >= 15 is 0 Å². The van der Waals surface area contributed by atoms with Crippen molar-refractivity contribution in [2.75, 3.05) is 13.1 Å². The molecule has 2 aromatic rings. The third-order valence-electron chi connectivity index (χ3n) is 3.99. The molecule has 23 heavy (non-hydrogen) atoms. The summed E-state index contributed by atoms with van der Waals surface area (Å²) in [4.78, 5) is 14.3. The summed E-state index contributed by atoms with van der Waals surface area (Å²) in [5.74, 6) is 0.952. The van der Waals surface area contributed by atoms with Gasteiger partial charge in [-0.1, -0.05) is 23.4 Å². The lowest BCUT2D eigenvalue weighted by Crippen LogP contribution is -2.34. The van der Waals surface area contributed by atoms with Crippen LogP contribution in [0.1, 0.15) is 19.8 Å². The third-order valence-corrected chi connectivity index (χ3v) is 5.36. The standard InChI is InChI=1S/C16H19ClN4OS/c1-11(15(22)21-9-3-4-10-21)23-16-19-18-14(20(16)2)12-5-7-13(17)8-6-12/h5-8,11H,3-4,9-10H2,1-2H3/t11-/m0/s1. The van der Waals surface area contributed by atoms with Crippen LogP contribution >= 0.6 is 23.4 Å². The van der Waals surface area contributed by atoms with Gasteiger partial charge in [0.1, 0.15) is 0 Å². The van der Waals surface area contributed by atoms with Crippen molar-refractivity contribution in [3.8, 4) is 11.4 Å². The minimum atomic E-state index is -0.158. The lowest BCUT2D eigenvalue weighted by atomic mass is 10.2. The fourth-order valence-corrected chi connectivity index (χ4v) is 3.70. The molecule has 1 aliphatic heterocycles. The Hall–Kier alpha value is -1.53. The highest BCUT2D eigenvalue weighted by Gasteiger charge is 2.25. The molecule has 1 aromatic heterocycles. The molecule has 0 spiro atoms. The van der Waals surface area contributed by atoms with Gasteiger partial charge in [0.15, 0.2) is 11.0 Å². The number of rotatable bonds is 4. The van der Waals surface area contributed by atoms with Gasteiger partial charge in [-0.25, -0.2) is 0 Å². The van der Waals surface area contributed by atoms with Gasteiger partial charge in [-0.2, -0.15) is 0 Å². The summed E-state index contributed by atoms with van der Waals surface area (Å²) in [5, 5.41) is 9.76. The predicted molar refractivity (Wildman–Crippen MR) is 92.6 cm³/mol. The molecule has 1 aromatic carbocycles. The molecule has 7 heteroatoms. The van der Waals surface area contributed by atoms with Crippen molar-refractivity contribution in [2.45, 2.75) is 30.2 Å². The molecule has 2 heterocycles. The molecule has 0 radical (unpaired) electrons. The van der Waals surface area contributed by atoms with Gasteiger partial charge in [0.25, 0.3) is 0 Å². The van der Waals surface area contributed by atoms with Gasteiger partial charge >= 0.3 is 0 Å². The molecule has 0 bridgehead atoms. The predicted octanol–water partition coefficient (Wildman–Crippen LogP) is 3.24. The maximum Gasteiger partial charge on any atom is 0.235 e. The van der Waals surface area contributed by atoms with E-state index in [0.29, 0.717) is 5.02 Å². The number of amides is 1. The van der Waals surface area contributed by atoms with Gasteiger partial charge in [0, 0.05) is 30.7 Å². The Morgan fingerprint density at radius 2 is 1.87 bits per heavy atom. The highest BCUT2D eigenvalue weighted by Crippen LogP contribution is 2.27. The zero-order valence-electron chi connectivity index (χ0n) is 13.2. The van der Waals surface area contributed by atoms with Crippen LogP contribution in [0.25, 0.3) is 11.4 Å². The van der Waals surface area contributed by atoms with Crippen LogP contribution in [0.15, 0.2) is 29.4 Å². The molecule has 5 nitrogen and oxygen atoms in total. The smallest absolute Gasteiger partial charge is 0.235 e. The second-order valence-corrected chi connectivity index (χ2v) is 7.41. The average Bonchev–Trinajstić information content (AvgIpc) is 3.19. The number of halogens is 1. The van der Waals surface area contributed by atoms with Crippen molar-refractivity contribution >= 4 is 29.3 Å². The highest BCUT2D eigenvalue weighted by molar-refractivity contribution is 8.00. The largest absolute Gasteiger partial charge is 0.342 e. The normalized spacial score (nSPS) is 15.9. The Balaban J connectivity index is 1.74. The number of hydrogen-bond donors (Lipinski definition) is 0. The summed E-state index contributed by atoms with van der Waals surface area (Å²) in [6.45, 7) is 3.68. The first kappa shape index (κ1) is 16.3. The fraction of sp³-hybridized carbons (Fsp3) is 0.438. The minimum Gasteiger partial charge on any atom is -0.342 e. The fourth-order valence-electron chi connectivity index (χ4n) is 2.67. The summed E-state index contributed by atoms with van der Waals surface area (Å²) in [6, 6.07) is 7.50. The number of hydrogen-bond acceptors (Lipinski definition) is 4. The summed E-state index contributed by atoms with van der Waals surface area (Å²) < 4.78 is 1.92. The summed E-state index contributed by atoms with van der Waals surface area (Å²) in [7, 11) is 1.92. The van der Waals surface area contributed by atoms with Crippen molar-refractivity contribution in [3.05, 3.63) is 29.3 Å². The number of carbonyl (C=O) groups is 1. The van der Waals surface area contributed by atoms with E-state index in [1.165, 1.54) is 11.8 Å². The van der Waals surface area contributed by atoms with E-state index in [1.54, 1.807) is 0 Å². The van der Waals surface area contributed by atoms with Crippen molar-refractivity contribution in [3.63, 3.8) is 0 Å². The van der Waals surface area contributed by atoms with Crippen LogP contribution in [0.5, 0.6) is 0 Å². The van der Waals surface area contributed by atoms with E-state index in [2.05, 4.69) is 10.2 Å². The van der Waals surface area contributed by atoms with E-state index in [0.717, 1.165) is 42.5 Å². The molecular formula is C16H19ClN4OS. The van der Waals surface area contributed by atoms with Crippen molar-refractivity contribution in [2.24, 2.45) is 7.05 Å². The molecule has 1 aliphatic rings. The Bertz CT molecular complexity index is 695. The molecular weight excluding hydrogens is 332 g/mol. The molecule has 0 saturated carbocycles. The number of nitrogens with zero attached hydrogens (tertiary/aromatic N) is 4. The summed E-state index contributed by atoms with van der Waals surface area (Å²) in [6.07, 6.45) is 2.21. The summed E-state index contributed by atoms with van der Waals surface area (Å²) >= 11 is 7.38. The van der Waals surface area contributed by atoms with E-state index < -0.39 is 0 Å². The monoisotopic (exact) mass is 350 g/mol. The lowest BCUT2D eigenvalue weighted by molar-refractivity contribution is -0.129. The number of carbonyl (C=O) groups excluding carboxylic acids is 1. The molecule has 1 fully saturated rings. The van der Waals surface area contributed by atoms with Crippen molar-refractivity contribution < 1.29 is 4.79 Å². The van der Waals surface area contributed by atoms with Crippen LogP contribution in [-0.4, -0.2) is 43.9 Å². The number of benzene rings is 1. The first-order chi connectivity index (χ1) is 11.1. The zero-order chi connectivity index (χ0) is 16.4. The number of likely N-dealkylation sites (tertiary alicyclic amines) is 1. The van der Waals surface area contributed by atoms with Gasteiger partial charge < -0.3 is 9.47 Å². The molecule has 122 valence electrons. The molecule has 0 unspecified atom stereocenters. The molecule has 0 aliphatic carbocycles. The topological polar surface area (TPSA) is 51.0 Å². The number of aromatic nitrogens is 3. The van der Waals surface area contributed by atoms with E-state index in [4.69, 9.17) is 11.6 Å². The Labute approximate surface area is 145 Å². The first-order valence-corrected chi connectivity index (χ1v) is 8.93. The summed E-state index contributed by atoms with van der Waals surface area (Å²) in [5.41, 5.74) is 0.953. The second-order valence-electron chi connectivity index (χ2n) is 5.66. The van der Waals surface area contributed by atoms with Crippen LogP contribution in [0.4, 0.5) is 0 Å². The maximum atomic E-state index is 12.4. The molecule has 1 atom stereocenters. The highest BCUT2D eigenvalue weighted by atomic mass is 35.5.